The van der Waals surface area contributed by atoms with E-state index in [1.54, 1.807) is 41.9 Å². The summed E-state index contributed by atoms with van der Waals surface area (Å²) < 4.78 is 15.5. The van der Waals surface area contributed by atoms with Crippen LogP contribution in [0.4, 0.5) is 10.1 Å². The summed E-state index contributed by atoms with van der Waals surface area (Å²) in [6, 6.07) is 19.0. The molecule has 2 aromatic carbocycles. The van der Waals surface area contributed by atoms with Gasteiger partial charge in [-0.1, -0.05) is 30.3 Å². The predicted molar refractivity (Wildman–Crippen MR) is 113 cm³/mol. The Morgan fingerprint density at radius 2 is 1.83 bits per heavy atom. The average molecular weight is 397 g/mol. The molecule has 146 valence electrons. The molecule has 0 spiro atoms. The summed E-state index contributed by atoms with van der Waals surface area (Å²) in [5.74, 6) is -0.0749. The molecule has 0 atom stereocenters. The van der Waals surface area contributed by atoms with Crippen LogP contribution in [0.25, 0.3) is 27.8 Å². The molecule has 5 rings (SSSR count). The van der Waals surface area contributed by atoms with Crippen LogP contribution in [0.3, 0.4) is 0 Å². The molecule has 0 saturated heterocycles. The van der Waals surface area contributed by atoms with Crippen molar-refractivity contribution < 1.29 is 9.18 Å². The summed E-state index contributed by atoms with van der Waals surface area (Å²) in [6.07, 6.45) is 1.70. The number of halogens is 1. The number of amides is 1. The number of rotatable bonds is 3. The summed E-state index contributed by atoms with van der Waals surface area (Å²) in [6.45, 7) is 1.80. The first-order valence-corrected chi connectivity index (χ1v) is 9.37. The lowest BCUT2D eigenvalue weighted by Gasteiger charge is -2.11. The number of nitrogens with one attached hydrogen (secondary N) is 1. The first-order valence-electron chi connectivity index (χ1n) is 9.37. The van der Waals surface area contributed by atoms with Crippen LogP contribution in [0.15, 0.2) is 72.9 Å². The number of pyridine rings is 2. The Hall–Kier alpha value is -4.13. The van der Waals surface area contributed by atoms with Crippen molar-refractivity contribution in [1.29, 1.82) is 0 Å². The van der Waals surface area contributed by atoms with Crippen molar-refractivity contribution >= 4 is 28.1 Å². The zero-order valence-corrected chi connectivity index (χ0v) is 16.0. The quantitative estimate of drug-likeness (QED) is 0.481. The van der Waals surface area contributed by atoms with Gasteiger partial charge in [0.2, 0.25) is 0 Å². The molecule has 3 heterocycles. The van der Waals surface area contributed by atoms with Crippen LogP contribution < -0.4 is 5.32 Å². The van der Waals surface area contributed by atoms with Crippen LogP contribution in [0, 0.1) is 12.7 Å². The van der Waals surface area contributed by atoms with Crippen LogP contribution >= 0.6 is 0 Å². The maximum atomic E-state index is 13.8. The molecule has 6 nitrogen and oxygen atoms in total. The highest BCUT2D eigenvalue weighted by atomic mass is 19.1. The maximum Gasteiger partial charge on any atom is 0.256 e. The van der Waals surface area contributed by atoms with Gasteiger partial charge in [0, 0.05) is 17.0 Å². The summed E-state index contributed by atoms with van der Waals surface area (Å²) in [5.41, 5.74) is 3.54. The fourth-order valence-corrected chi connectivity index (χ4v) is 3.41. The van der Waals surface area contributed by atoms with Crippen molar-refractivity contribution in [2.24, 2.45) is 0 Å². The van der Waals surface area contributed by atoms with Crippen molar-refractivity contribution in [3.8, 4) is 11.3 Å². The Balaban J connectivity index is 1.59. The van der Waals surface area contributed by atoms with Gasteiger partial charge < -0.3 is 5.32 Å². The maximum absolute atomic E-state index is 13.8. The van der Waals surface area contributed by atoms with Gasteiger partial charge in [-0.25, -0.2) is 18.9 Å². The Kier molecular flexibility index (Phi) is 4.21. The first kappa shape index (κ1) is 17.9. The van der Waals surface area contributed by atoms with E-state index in [2.05, 4.69) is 20.4 Å². The number of benzene rings is 2. The third kappa shape index (κ3) is 3.26. The van der Waals surface area contributed by atoms with E-state index in [-0.39, 0.29) is 5.91 Å². The van der Waals surface area contributed by atoms with E-state index in [0.717, 1.165) is 5.56 Å². The summed E-state index contributed by atoms with van der Waals surface area (Å²) in [4.78, 5) is 22.0. The molecule has 0 bridgehead atoms. The molecule has 1 amide bonds. The molecular formula is C23H16FN5O. The van der Waals surface area contributed by atoms with Gasteiger partial charge in [-0.15, -0.1) is 0 Å². The van der Waals surface area contributed by atoms with E-state index in [0.29, 0.717) is 39.3 Å². The highest BCUT2D eigenvalue weighted by molar-refractivity contribution is 6.13. The lowest BCUT2D eigenvalue weighted by atomic mass is 10.0. The molecule has 0 aliphatic rings. The lowest BCUT2D eigenvalue weighted by Crippen LogP contribution is -2.13. The zero-order valence-electron chi connectivity index (χ0n) is 16.0. The second-order valence-electron chi connectivity index (χ2n) is 6.92. The Labute approximate surface area is 171 Å². The third-order valence-corrected chi connectivity index (χ3v) is 4.78. The number of anilines is 1. The van der Waals surface area contributed by atoms with Crippen molar-refractivity contribution in [3.63, 3.8) is 0 Å². The van der Waals surface area contributed by atoms with Crippen LogP contribution in [0.2, 0.25) is 0 Å². The van der Waals surface area contributed by atoms with Gasteiger partial charge in [-0.05, 0) is 37.3 Å². The topological polar surface area (TPSA) is 72.2 Å². The molecule has 7 heteroatoms. The van der Waals surface area contributed by atoms with Gasteiger partial charge in [0.15, 0.2) is 5.65 Å². The van der Waals surface area contributed by atoms with Crippen LogP contribution in [0.1, 0.15) is 16.2 Å². The minimum atomic E-state index is -0.404. The predicted octanol–water partition coefficient (Wildman–Crippen LogP) is 4.64. The van der Waals surface area contributed by atoms with E-state index in [9.17, 15) is 9.18 Å². The van der Waals surface area contributed by atoms with Crippen LogP contribution in [0.5, 0.6) is 0 Å². The smallest absolute Gasteiger partial charge is 0.256 e. The molecule has 0 aliphatic carbocycles. The fraction of sp³-hybridized carbons (Fsp3) is 0.0435. The van der Waals surface area contributed by atoms with Crippen molar-refractivity contribution in [3.05, 3.63) is 90.1 Å². The summed E-state index contributed by atoms with van der Waals surface area (Å²) >= 11 is 0. The van der Waals surface area contributed by atoms with Crippen molar-refractivity contribution in [2.75, 3.05) is 5.32 Å². The van der Waals surface area contributed by atoms with E-state index in [1.165, 1.54) is 12.1 Å². The molecule has 5 aromatic rings. The zero-order chi connectivity index (χ0) is 20.7. The third-order valence-electron chi connectivity index (χ3n) is 4.78. The monoisotopic (exact) mass is 397 g/mol. The van der Waals surface area contributed by atoms with E-state index in [4.69, 9.17) is 0 Å². The van der Waals surface area contributed by atoms with Crippen molar-refractivity contribution in [2.45, 2.75) is 6.92 Å². The SMILES string of the molecule is Cc1nc2ccc(NC(=O)c3cc(-c4ccccc4)nc4cc(F)ccc34)cn2n1. The normalized spacial score (nSPS) is 11.1. The van der Waals surface area contributed by atoms with Crippen LogP contribution in [-0.4, -0.2) is 25.5 Å². The number of fused-ring (bicyclic) bond motifs is 2. The fourth-order valence-electron chi connectivity index (χ4n) is 3.41. The van der Waals surface area contributed by atoms with Gasteiger partial charge in [0.1, 0.15) is 11.6 Å². The number of carbonyl (C=O) groups is 1. The van der Waals surface area contributed by atoms with Crippen molar-refractivity contribution in [1.82, 2.24) is 19.6 Å². The van der Waals surface area contributed by atoms with E-state index in [1.807, 2.05) is 30.3 Å². The van der Waals surface area contributed by atoms with Crippen LogP contribution in [-0.2, 0) is 0 Å². The Bertz CT molecular complexity index is 1410. The summed E-state index contributed by atoms with van der Waals surface area (Å²) in [7, 11) is 0. The van der Waals surface area contributed by atoms with Gasteiger partial charge >= 0.3 is 0 Å². The number of hydrogen-bond acceptors (Lipinski definition) is 4. The molecule has 0 fully saturated rings. The van der Waals surface area contributed by atoms with E-state index >= 15 is 0 Å². The number of hydrogen-bond donors (Lipinski definition) is 1. The number of aromatic nitrogens is 4. The van der Waals surface area contributed by atoms with Gasteiger partial charge in [-0.2, -0.15) is 5.10 Å². The molecule has 30 heavy (non-hydrogen) atoms. The Morgan fingerprint density at radius 1 is 1.00 bits per heavy atom. The lowest BCUT2D eigenvalue weighted by molar-refractivity contribution is 0.102. The highest BCUT2D eigenvalue weighted by Gasteiger charge is 2.15. The van der Waals surface area contributed by atoms with Gasteiger partial charge in [0.25, 0.3) is 5.91 Å². The second kappa shape index (κ2) is 7.04. The molecule has 0 radical (unpaired) electrons. The average Bonchev–Trinajstić information content (AvgIpc) is 3.12. The van der Waals surface area contributed by atoms with E-state index < -0.39 is 5.82 Å². The number of carbonyl (C=O) groups excluding carboxylic acids is 1. The second-order valence-corrected chi connectivity index (χ2v) is 6.92. The highest BCUT2D eigenvalue weighted by Crippen LogP contribution is 2.26. The minimum absolute atomic E-state index is 0.317. The molecule has 1 N–H and O–H groups in total. The van der Waals surface area contributed by atoms with Gasteiger partial charge in [0.05, 0.1) is 28.7 Å². The molecule has 3 aromatic heterocycles. The number of nitrogens with zero attached hydrogens (tertiary/aromatic N) is 4. The largest absolute Gasteiger partial charge is 0.321 e. The standard InChI is InChI=1S/C23H16FN5O/c1-14-25-22-10-8-17(13-29(22)28-14)26-23(30)19-12-20(15-5-3-2-4-6-15)27-21-11-16(24)7-9-18(19)21/h2-13H,1H3,(H,26,30). The molecule has 0 saturated carbocycles. The molecule has 0 unspecified atom stereocenters. The minimum Gasteiger partial charge on any atom is -0.321 e. The van der Waals surface area contributed by atoms with Gasteiger partial charge in [-0.3, -0.25) is 4.79 Å². The Morgan fingerprint density at radius 3 is 2.67 bits per heavy atom. The summed E-state index contributed by atoms with van der Waals surface area (Å²) in [5, 5.41) is 7.74. The number of aryl methyl sites for hydroxylation is 1. The first-order chi connectivity index (χ1) is 14.6. The molecule has 0 aliphatic heterocycles. The molecular weight excluding hydrogens is 381 g/mol.